The smallest absolute Gasteiger partial charge is 0.340 e. The number of esters is 1. The van der Waals surface area contributed by atoms with E-state index < -0.39 is 5.97 Å². The van der Waals surface area contributed by atoms with Crippen molar-refractivity contribution in [2.24, 2.45) is 0 Å². The number of para-hydroxylation sites is 1. The number of nitrogens with zero attached hydrogens (tertiary/aromatic N) is 1. The maximum absolute atomic E-state index is 11.9. The van der Waals surface area contributed by atoms with Crippen molar-refractivity contribution in [1.82, 2.24) is 4.98 Å². The number of hydrogen-bond donors (Lipinski definition) is 0. The van der Waals surface area contributed by atoms with Crippen molar-refractivity contribution >= 4 is 39.1 Å². The molecule has 3 nitrogen and oxygen atoms in total. The topological polar surface area (TPSA) is 39.2 Å². The zero-order valence-electron chi connectivity index (χ0n) is 10.4. The normalized spacial score (nSPS) is 10.7. The van der Waals surface area contributed by atoms with E-state index in [1.165, 1.54) is 11.3 Å². The maximum Gasteiger partial charge on any atom is 0.340 e. The molecule has 0 aliphatic heterocycles. The molecular formula is C15H10ClNO2S. The van der Waals surface area contributed by atoms with Crippen LogP contribution in [0, 0.1) is 0 Å². The molecule has 0 radical (unpaired) electrons. The van der Waals surface area contributed by atoms with Gasteiger partial charge in [-0.3, -0.25) is 0 Å². The molecule has 100 valence electrons. The number of halogens is 1. The van der Waals surface area contributed by atoms with Gasteiger partial charge < -0.3 is 4.74 Å². The van der Waals surface area contributed by atoms with E-state index in [9.17, 15) is 4.79 Å². The van der Waals surface area contributed by atoms with Crippen LogP contribution in [0.2, 0.25) is 5.02 Å². The number of carbonyl (C=O) groups excluding carboxylic acids is 1. The SMILES string of the molecule is O=C(OCc1nc2ccccc2s1)c1ccccc1Cl. The molecule has 0 aliphatic rings. The molecule has 0 amide bonds. The van der Waals surface area contributed by atoms with Crippen LogP contribution in [-0.4, -0.2) is 11.0 Å². The van der Waals surface area contributed by atoms with Crippen molar-refractivity contribution in [3.05, 3.63) is 64.1 Å². The molecule has 5 heteroatoms. The van der Waals surface area contributed by atoms with Crippen molar-refractivity contribution in [2.75, 3.05) is 0 Å². The molecule has 20 heavy (non-hydrogen) atoms. The molecule has 0 aliphatic carbocycles. The molecule has 0 fully saturated rings. The highest BCUT2D eigenvalue weighted by molar-refractivity contribution is 7.18. The molecule has 0 spiro atoms. The van der Waals surface area contributed by atoms with Gasteiger partial charge in [0.1, 0.15) is 11.6 Å². The van der Waals surface area contributed by atoms with Crippen LogP contribution in [0.3, 0.4) is 0 Å². The predicted octanol–water partition coefficient (Wildman–Crippen LogP) is 4.31. The van der Waals surface area contributed by atoms with Crippen LogP contribution >= 0.6 is 22.9 Å². The zero-order chi connectivity index (χ0) is 13.9. The molecule has 0 N–H and O–H groups in total. The maximum atomic E-state index is 11.9. The average Bonchev–Trinajstić information content (AvgIpc) is 2.88. The van der Waals surface area contributed by atoms with Gasteiger partial charge in [0, 0.05) is 0 Å². The first-order chi connectivity index (χ1) is 9.74. The molecule has 0 saturated carbocycles. The van der Waals surface area contributed by atoms with Gasteiger partial charge >= 0.3 is 5.97 Å². The Bertz CT molecular complexity index is 736. The van der Waals surface area contributed by atoms with Crippen LogP contribution in [0.25, 0.3) is 10.2 Å². The van der Waals surface area contributed by atoms with E-state index >= 15 is 0 Å². The zero-order valence-corrected chi connectivity index (χ0v) is 11.9. The minimum atomic E-state index is -0.435. The minimum Gasteiger partial charge on any atom is -0.455 e. The standard InChI is InChI=1S/C15H10ClNO2S/c16-11-6-2-1-5-10(11)15(18)19-9-14-17-12-7-3-4-8-13(12)20-14/h1-8H,9H2. The second-order valence-corrected chi connectivity index (χ2v) is 5.65. The molecule has 1 heterocycles. The lowest BCUT2D eigenvalue weighted by Gasteiger charge is -2.03. The van der Waals surface area contributed by atoms with Crippen molar-refractivity contribution in [2.45, 2.75) is 6.61 Å². The van der Waals surface area contributed by atoms with Crippen molar-refractivity contribution in [3.8, 4) is 0 Å². The van der Waals surface area contributed by atoms with E-state index in [1.54, 1.807) is 24.3 Å². The second-order valence-electron chi connectivity index (χ2n) is 4.13. The molecule has 1 aromatic heterocycles. The molecule has 3 rings (SSSR count). The monoisotopic (exact) mass is 303 g/mol. The van der Waals surface area contributed by atoms with Crippen LogP contribution < -0.4 is 0 Å². The minimum absolute atomic E-state index is 0.156. The molecule has 0 saturated heterocycles. The number of benzene rings is 2. The lowest BCUT2D eigenvalue weighted by Crippen LogP contribution is -2.05. The van der Waals surface area contributed by atoms with Gasteiger partial charge in [0.05, 0.1) is 20.8 Å². The van der Waals surface area contributed by atoms with Crippen molar-refractivity contribution in [1.29, 1.82) is 0 Å². The highest BCUT2D eigenvalue weighted by Crippen LogP contribution is 2.23. The summed E-state index contributed by atoms with van der Waals surface area (Å²) in [6.07, 6.45) is 0. The number of ether oxygens (including phenoxy) is 1. The van der Waals surface area contributed by atoms with Gasteiger partial charge in [-0.25, -0.2) is 9.78 Å². The Labute approximate surface area is 124 Å². The summed E-state index contributed by atoms with van der Waals surface area (Å²) in [5.41, 5.74) is 1.29. The largest absolute Gasteiger partial charge is 0.455 e. The third-order valence-electron chi connectivity index (χ3n) is 2.76. The molecule has 2 aromatic carbocycles. The Hall–Kier alpha value is -1.91. The highest BCUT2D eigenvalue weighted by Gasteiger charge is 2.12. The Kier molecular flexibility index (Phi) is 3.67. The van der Waals surface area contributed by atoms with Gasteiger partial charge in [-0.1, -0.05) is 35.9 Å². The first-order valence-corrected chi connectivity index (χ1v) is 7.19. The Morgan fingerprint density at radius 3 is 2.70 bits per heavy atom. The van der Waals surface area contributed by atoms with E-state index in [4.69, 9.17) is 16.3 Å². The van der Waals surface area contributed by atoms with Crippen molar-refractivity contribution in [3.63, 3.8) is 0 Å². The van der Waals surface area contributed by atoms with Gasteiger partial charge in [0.15, 0.2) is 0 Å². The summed E-state index contributed by atoms with van der Waals surface area (Å²) < 4.78 is 6.33. The Balaban J connectivity index is 1.73. The van der Waals surface area contributed by atoms with Crippen LogP contribution in [-0.2, 0) is 11.3 Å². The number of rotatable bonds is 3. The van der Waals surface area contributed by atoms with Gasteiger partial charge in [-0.15, -0.1) is 11.3 Å². The summed E-state index contributed by atoms with van der Waals surface area (Å²) in [5, 5.41) is 1.16. The lowest BCUT2D eigenvalue weighted by molar-refractivity contribution is 0.0473. The summed E-state index contributed by atoms with van der Waals surface area (Å²) in [7, 11) is 0. The molecule has 3 aromatic rings. The van der Waals surface area contributed by atoms with Crippen molar-refractivity contribution < 1.29 is 9.53 Å². The average molecular weight is 304 g/mol. The van der Waals surface area contributed by atoms with E-state index in [0.29, 0.717) is 10.6 Å². The van der Waals surface area contributed by atoms with E-state index in [-0.39, 0.29) is 6.61 Å². The number of thiazole rings is 1. The third-order valence-corrected chi connectivity index (χ3v) is 4.10. The van der Waals surface area contributed by atoms with E-state index in [1.807, 2.05) is 24.3 Å². The summed E-state index contributed by atoms with van der Waals surface area (Å²) in [5.74, 6) is -0.435. The number of hydrogen-bond acceptors (Lipinski definition) is 4. The summed E-state index contributed by atoms with van der Waals surface area (Å²) in [4.78, 5) is 16.3. The van der Waals surface area contributed by atoms with Crippen LogP contribution in [0.1, 0.15) is 15.4 Å². The highest BCUT2D eigenvalue weighted by atomic mass is 35.5. The fourth-order valence-electron chi connectivity index (χ4n) is 1.81. The summed E-state index contributed by atoms with van der Waals surface area (Å²) in [6, 6.07) is 14.6. The quantitative estimate of drug-likeness (QED) is 0.677. The number of fused-ring (bicyclic) bond motifs is 1. The molecule has 0 bridgehead atoms. The predicted molar refractivity (Wildman–Crippen MR) is 80.2 cm³/mol. The Morgan fingerprint density at radius 1 is 1.15 bits per heavy atom. The fourth-order valence-corrected chi connectivity index (χ4v) is 2.91. The third kappa shape index (κ3) is 2.66. The Morgan fingerprint density at radius 2 is 1.90 bits per heavy atom. The van der Waals surface area contributed by atoms with E-state index in [0.717, 1.165) is 15.2 Å². The first kappa shape index (κ1) is 13.1. The van der Waals surface area contributed by atoms with Crippen LogP contribution in [0.15, 0.2) is 48.5 Å². The van der Waals surface area contributed by atoms with Crippen LogP contribution in [0.4, 0.5) is 0 Å². The van der Waals surface area contributed by atoms with Gasteiger partial charge in [-0.05, 0) is 24.3 Å². The molecule has 0 atom stereocenters. The summed E-state index contributed by atoms with van der Waals surface area (Å²) >= 11 is 7.47. The van der Waals surface area contributed by atoms with Gasteiger partial charge in [0.2, 0.25) is 0 Å². The van der Waals surface area contributed by atoms with E-state index in [2.05, 4.69) is 4.98 Å². The molecule has 0 unspecified atom stereocenters. The summed E-state index contributed by atoms with van der Waals surface area (Å²) in [6.45, 7) is 0.156. The number of aromatic nitrogens is 1. The van der Waals surface area contributed by atoms with Gasteiger partial charge in [0.25, 0.3) is 0 Å². The second kappa shape index (κ2) is 5.61. The van der Waals surface area contributed by atoms with Gasteiger partial charge in [-0.2, -0.15) is 0 Å². The number of carbonyl (C=O) groups is 1. The first-order valence-electron chi connectivity index (χ1n) is 6.00. The molecular weight excluding hydrogens is 294 g/mol. The lowest BCUT2D eigenvalue weighted by atomic mass is 10.2. The fraction of sp³-hybridized carbons (Fsp3) is 0.0667. The van der Waals surface area contributed by atoms with Crippen LogP contribution in [0.5, 0.6) is 0 Å².